The summed E-state index contributed by atoms with van der Waals surface area (Å²) in [7, 11) is 0. The molecular weight excluding hydrogens is 891 g/mol. The number of nitrogens with one attached hydrogen (secondary N) is 1. The van der Waals surface area contributed by atoms with Gasteiger partial charge < -0.3 is 15.5 Å². The lowest BCUT2D eigenvalue weighted by Crippen LogP contribution is -2.45. The lowest BCUT2D eigenvalue weighted by atomic mass is 10.0. The Bertz CT molecular complexity index is 1470. The summed E-state index contributed by atoms with van der Waals surface area (Å²) in [5.41, 5.74) is 0. The molecule has 0 radical (unpaired) electrons. The first-order valence-corrected chi connectivity index (χ1v) is 30.9. The second kappa shape index (κ2) is 62.8. The van der Waals surface area contributed by atoms with Gasteiger partial charge in [0.25, 0.3) is 0 Å². The maximum absolute atomic E-state index is 12.5. The highest BCUT2D eigenvalue weighted by molar-refractivity contribution is 5.76. The molecule has 0 aromatic heterocycles. The molecule has 0 spiro atoms. The average molecular weight is 1010 g/mol. The van der Waals surface area contributed by atoms with Crippen molar-refractivity contribution in [3.63, 3.8) is 0 Å². The minimum Gasteiger partial charge on any atom is -0.394 e. The van der Waals surface area contributed by atoms with Crippen LogP contribution in [0.4, 0.5) is 0 Å². The first kappa shape index (κ1) is 69.5. The van der Waals surface area contributed by atoms with E-state index in [1.165, 1.54) is 154 Å². The van der Waals surface area contributed by atoms with Gasteiger partial charge in [-0.15, -0.1) is 0 Å². The van der Waals surface area contributed by atoms with E-state index in [-0.39, 0.29) is 12.5 Å². The molecule has 0 saturated carbocycles. The van der Waals surface area contributed by atoms with Crippen LogP contribution < -0.4 is 5.32 Å². The first-order valence-electron chi connectivity index (χ1n) is 30.9. The third-order valence-corrected chi connectivity index (χ3v) is 13.4. The van der Waals surface area contributed by atoms with Crippen molar-refractivity contribution in [3.8, 4) is 0 Å². The fourth-order valence-corrected chi connectivity index (χ4v) is 8.74. The molecule has 0 aromatic rings. The van der Waals surface area contributed by atoms with E-state index in [0.717, 1.165) is 103 Å². The van der Waals surface area contributed by atoms with Gasteiger partial charge in [0.2, 0.25) is 5.91 Å². The Morgan fingerprint density at radius 1 is 0.342 bits per heavy atom. The Balaban J connectivity index is 3.63. The normalized spacial score (nSPS) is 13.8. The second-order valence-corrected chi connectivity index (χ2v) is 20.4. The standard InChI is InChI=1S/C69H117NO3/c1-3-5-7-9-11-13-15-17-19-21-23-25-27-29-30-31-32-33-34-35-36-37-38-39-40-41-43-45-47-49-51-53-55-57-59-61-63-65-69(73)70-67(66-71)68(72)64-62-60-58-56-54-52-50-48-46-44-42-28-26-24-22-20-18-16-14-12-10-8-6-4-2/h5,7,11,13,17,19,23,25,29-30,32-33,35-36,38-39,41,43,47,49,62,64,67-68,71-72H,3-4,6,8-10,12,14-16,18,20-22,24,26-28,31,34,37,40,42,44-46,48,50-61,63,65-66H2,1-2H3,(H,70,73)/b7-5-,13-11-,19-17-,25-23-,30-29-,33-32-,36-35-,39-38-,43-41-,49-47-,64-62+. The van der Waals surface area contributed by atoms with Crippen molar-refractivity contribution in [1.29, 1.82) is 0 Å². The van der Waals surface area contributed by atoms with E-state index >= 15 is 0 Å². The Hall–Kier alpha value is -3.47. The number of carbonyl (C=O) groups excluding carboxylic acids is 1. The van der Waals surface area contributed by atoms with Gasteiger partial charge >= 0.3 is 0 Å². The van der Waals surface area contributed by atoms with Gasteiger partial charge in [-0.3, -0.25) is 4.79 Å². The summed E-state index contributed by atoms with van der Waals surface area (Å²) in [6, 6.07) is -0.641. The summed E-state index contributed by atoms with van der Waals surface area (Å²) in [6.45, 7) is 4.20. The van der Waals surface area contributed by atoms with E-state index in [0.29, 0.717) is 6.42 Å². The molecule has 0 aliphatic rings. The molecule has 4 heteroatoms. The van der Waals surface area contributed by atoms with Crippen molar-refractivity contribution in [2.45, 2.75) is 289 Å². The molecule has 1 amide bonds. The van der Waals surface area contributed by atoms with E-state index in [1.807, 2.05) is 6.08 Å². The molecule has 0 aromatic carbocycles. The zero-order chi connectivity index (χ0) is 52.7. The van der Waals surface area contributed by atoms with Crippen LogP contribution in [-0.2, 0) is 4.79 Å². The SMILES string of the molecule is CC/C=C\C/C=C\C/C=C\C/C=C\C/C=C\C/C=C\C/C=C\C/C=C\C/C=C\C/C=C\CCCCCCCCC(=O)NC(CO)C(O)/C=C/CCCCCCCCCCCCCCCCCCCCCCCC. The summed E-state index contributed by atoms with van der Waals surface area (Å²) in [6.07, 6.45) is 97.6. The highest BCUT2D eigenvalue weighted by atomic mass is 16.3. The van der Waals surface area contributed by atoms with Gasteiger partial charge in [0.15, 0.2) is 0 Å². The van der Waals surface area contributed by atoms with Crippen molar-refractivity contribution >= 4 is 5.91 Å². The molecule has 0 aliphatic heterocycles. The number of hydrogen-bond donors (Lipinski definition) is 3. The molecule has 73 heavy (non-hydrogen) atoms. The Kier molecular flexibility index (Phi) is 59.8. The van der Waals surface area contributed by atoms with E-state index in [4.69, 9.17) is 0 Å². The predicted molar refractivity (Wildman–Crippen MR) is 326 cm³/mol. The van der Waals surface area contributed by atoms with Crippen molar-refractivity contribution in [3.05, 3.63) is 134 Å². The van der Waals surface area contributed by atoms with Gasteiger partial charge in [-0.25, -0.2) is 0 Å². The summed E-state index contributed by atoms with van der Waals surface area (Å²) < 4.78 is 0. The molecule has 0 fully saturated rings. The fraction of sp³-hybridized carbons (Fsp3) is 0.667. The van der Waals surface area contributed by atoms with Crippen LogP contribution >= 0.6 is 0 Å². The quantitative estimate of drug-likeness (QED) is 0.0420. The number of amides is 1. The first-order chi connectivity index (χ1) is 36.2. The highest BCUT2D eigenvalue weighted by Crippen LogP contribution is 2.16. The molecule has 2 atom stereocenters. The molecule has 0 rings (SSSR count). The Labute approximate surface area is 453 Å². The van der Waals surface area contributed by atoms with E-state index in [1.54, 1.807) is 6.08 Å². The lowest BCUT2D eigenvalue weighted by molar-refractivity contribution is -0.123. The van der Waals surface area contributed by atoms with Gasteiger partial charge in [-0.2, -0.15) is 0 Å². The van der Waals surface area contributed by atoms with Gasteiger partial charge in [0.1, 0.15) is 0 Å². The average Bonchev–Trinajstić information content (AvgIpc) is 3.40. The summed E-state index contributed by atoms with van der Waals surface area (Å²) in [4.78, 5) is 12.5. The number of carbonyl (C=O) groups is 1. The number of allylic oxidation sites excluding steroid dienone is 21. The minimum absolute atomic E-state index is 0.0816. The highest BCUT2D eigenvalue weighted by Gasteiger charge is 2.18. The van der Waals surface area contributed by atoms with Crippen LogP contribution in [0.1, 0.15) is 277 Å². The van der Waals surface area contributed by atoms with Crippen molar-refractivity contribution in [2.24, 2.45) is 0 Å². The Morgan fingerprint density at radius 2 is 0.603 bits per heavy atom. The molecule has 0 saturated heterocycles. The van der Waals surface area contributed by atoms with E-state index < -0.39 is 12.1 Å². The molecule has 416 valence electrons. The van der Waals surface area contributed by atoms with Crippen molar-refractivity contribution in [1.82, 2.24) is 5.32 Å². The predicted octanol–water partition coefficient (Wildman–Crippen LogP) is 21.0. The fourth-order valence-electron chi connectivity index (χ4n) is 8.74. The maximum atomic E-state index is 12.5. The second-order valence-electron chi connectivity index (χ2n) is 20.4. The number of aliphatic hydroxyl groups is 2. The zero-order valence-corrected chi connectivity index (χ0v) is 47.9. The zero-order valence-electron chi connectivity index (χ0n) is 47.9. The number of unbranched alkanes of at least 4 members (excludes halogenated alkanes) is 28. The monoisotopic (exact) mass is 1010 g/mol. The lowest BCUT2D eigenvalue weighted by Gasteiger charge is -2.20. The van der Waals surface area contributed by atoms with Crippen LogP contribution in [0.2, 0.25) is 0 Å². The van der Waals surface area contributed by atoms with Gasteiger partial charge in [0, 0.05) is 6.42 Å². The van der Waals surface area contributed by atoms with Crippen LogP contribution in [0.25, 0.3) is 0 Å². The molecule has 0 bridgehead atoms. The molecular formula is C69H117NO3. The number of rotatable bonds is 55. The third kappa shape index (κ3) is 59.3. The summed E-state index contributed by atoms with van der Waals surface area (Å²) in [5, 5.41) is 23.2. The number of hydrogen-bond acceptors (Lipinski definition) is 3. The van der Waals surface area contributed by atoms with Gasteiger partial charge in [-0.05, 0) is 96.3 Å². The maximum Gasteiger partial charge on any atom is 0.220 e. The Morgan fingerprint density at radius 3 is 0.904 bits per heavy atom. The van der Waals surface area contributed by atoms with Crippen LogP contribution in [0.5, 0.6) is 0 Å². The molecule has 4 nitrogen and oxygen atoms in total. The van der Waals surface area contributed by atoms with Crippen LogP contribution in [0.3, 0.4) is 0 Å². The van der Waals surface area contributed by atoms with Crippen LogP contribution in [0.15, 0.2) is 134 Å². The molecule has 2 unspecified atom stereocenters. The van der Waals surface area contributed by atoms with Crippen LogP contribution in [-0.4, -0.2) is 34.9 Å². The van der Waals surface area contributed by atoms with E-state index in [9.17, 15) is 15.0 Å². The number of aliphatic hydroxyl groups excluding tert-OH is 2. The molecule has 0 aliphatic carbocycles. The topological polar surface area (TPSA) is 69.6 Å². The smallest absolute Gasteiger partial charge is 0.220 e. The molecule has 0 heterocycles. The van der Waals surface area contributed by atoms with Gasteiger partial charge in [0.05, 0.1) is 18.8 Å². The minimum atomic E-state index is -0.856. The summed E-state index contributed by atoms with van der Waals surface area (Å²) in [5.74, 6) is -0.0816. The van der Waals surface area contributed by atoms with Crippen LogP contribution in [0, 0.1) is 0 Å². The van der Waals surface area contributed by atoms with Crippen molar-refractivity contribution in [2.75, 3.05) is 6.61 Å². The molecule has 3 N–H and O–H groups in total. The third-order valence-electron chi connectivity index (χ3n) is 13.4. The van der Waals surface area contributed by atoms with E-state index in [2.05, 4.69) is 141 Å². The van der Waals surface area contributed by atoms with Crippen molar-refractivity contribution < 1.29 is 15.0 Å². The van der Waals surface area contributed by atoms with Gasteiger partial charge in [-0.1, -0.05) is 308 Å². The summed E-state index contributed by atoms with van der Waals surface area (Å²) >= 11 is 0. The largest absolute Gasteiger partial charge is 0.394 e.